The molecule has 1 rings (SSSR count). The summed E-state index contributed by atoms with van der Waals surface area (Å²) in [5.74, 6) is -0.301. The van der Waals surface area contributed by atoms with Crippen LogP contribution in [0.25, 0.3) is 0 Å². The Balaban J connectivity index is 2.22. The first-order valence-corrected chi connectivity index (χ1v) is 5.68. The zero-order chi connectivity index (χ0) is 12.2. The lowest BCUT2D eigenvalue weighted by atomic mass is 9.97. The SMILES string of the molecule is CC(C)OC(=O)CNCC1(O)CCOC1C. The molecule has 2 N–H and O–H groups in total. The molecule has 1 saturated heterocycles. The van der Waals surface area contributed by atoms with Gasteiger partial charge in [0.2, 0.25) is 0 Å². The molecule has 1 heterocycles. The van der Waals surface area contributed by atoms with Crippen molar-refractivity contribution in [1.29, 1.82) is 0 Å². The minimum Gasteiger partial charge on any atom is -0.462 e. The normalized spacial score (nSPS) is 29.7. The van der Waals surface area contributed by atoms with Crippen molar-refractivity contribution in [3.8, 4) is 0 Å². The van der Waals surface area contributed by atoms with Gasteiger partial charge in [0.25, 0.3) is 0 Å². The highest BCUT2D eigenvalue weighted by Crippen LogP contribution is 2.24. The van der Waals surface area contributed by atoms with Crippen molar-refractivity contribution in [1.82, 2.24) is 5.32 Å². The fraction of sp³-hybridized carbons (Fsp3) is 0.909. The molecule has 0 aromatic rings. The summed E-state index contributed by atoms with van der Waals surface area (Å²) in [4.78, 5) is 11.2. The van der Waals surface area contributed by atoms with Crippen molar-refractivity contribution in [2.24, 2.45) is 0 Å². The second kappa shape index (κ2) is 5.61. The molecule has 0 saturated carbocycles. The molecule has 0 aromatic heterocycles. The number of hydrogen-bond donors (Lipinski definition) is 2. The Bertz CT molecular complexity index is 244. The number of aliphatic hydroxyl groups is 1. The number of hydrogen-bond acceptors (Lipinski definition) is 5. The first-order chi connectivity index (χ1) is 7.44. The van der Waals surface area contributed by atoms with E-state index in [1.165, 1.54) is 0 Å². The van der Waals surface area contributed by atoms with Crippen molar-refractivity contribution in [2.75, 3.05) is 19.7 Å². The number of esters is 1. The van der Waals surface area contributed by atoms with Gasteiger partial charge in [-0.05, 0) is 20.8 Å². The van der Waals surface area contributed by atoms with Crippen LogP contribution in [-0.4, -0.2) is 48.6 Å². The van der Waals surface area contributed by atoms with Gasteiger partial charge in [0, 0.05) is 19.6 Å². The average molecular weight is 231 g/mol. The van der Waals surface area contributed by atoms with Crippen LogP contribution in [0.1, 0.15) is 27.2 Å². The fourth-order valence-electron chi connectivity index (χ4n) is 1.69. The molecule has 1 aliphatic heterocycles. The highest BCUT2D eigenvalue weighted by molar-refractivity contribution is 5.71. The Morgan fingerprint density at radius 1 is 1.69 bits per heavy atom. The van der Waals surface area contributed by atoms with Crippen molar-refractivity contribution < 1.29 is 19.4 Å². The van der Waals surface area contributed by atoms with Crippen LogP contribution in [0.4, 0.5) is 0 Å². The molecule has 5 heteroatoms. The molecule has 1 fully saturated rings. The zero-order valence-electron chi connectivity index (χ0n) is 10.2. The third-order valence-corrected chi connectivity index (χ3v) is 2.73. The number of carbonyl (C=O) groups excluding carboxylic acids is 1. The van der Waals surface area contributed by atoms with Crippen LogP contribution in [-0.2, 0) is 14.3 Å². The summed E-state index contributed by atoms with van der Waals surface area (Å²) in [5.41, 5.74) is -0.863. The number of nitrogens with one attached hydrogen (secondary N) is 1. The van der Waals surface area contributed by atoms with Crippen molar-refractivity contribution in [3.63, 3.8) is 0 Å². The van der Waals surface area contributed by atoms with Gasteiger partial charge in [-0.2, -0.15) is 0 Å². The van der Waals surface area contributed by atoms with Gasteiger partial charge in [0.15, 0.2) is 0 Å². The molecule has 0 aromatic carbocycles. The Kier molecular flexibility index (Phi) is 4.70. The summed E-state index contributed by atoms with van der Waals surface area (Å²) in [6, 6.07) is 0. The second-order valence-corrected chi connectivity index (χ2v) is 4.51. The molecule has 0 spiro atoms. The number of rotatable bonds is 5. The van der Waals surface area contributed by atoms with Crippen LogP contribution in [0, 0.1) is 0 Å². The minimum absolute atomic E-state index is 0.105. The van der Waals surface area contributed by atoms with E-state index in [1.54, 1.807) is 13.8 Å². The quantitative estimate of drug-likeness (QED) is 0.655. The van der Waals surface area contributed by atoms with E-state index < -0.39 is 5.60 Å². The lowest BCUT2D eigenvalue weighted by Crippen LogP contribution is -2.47. The highest BCUT2D eigenvalue weighted by Gasteiger charge is 2.39. The Hall–Kier alpha value is -0.650. The van der Waals surface area contributed by atoms with E-state index in [1.807, 2.05) is 6.92 Å². The lowest BCUT2D eigenvalue weighted by Gasteiger charge is -2.26. The van der Waals surface area contributed by atoms with Gasteiger partial charge in [-0.25, -0.2) is 0 Å². The van der Waals surface area contributed by atoms with Crippen molar-refractivity contribution in [2.45, 2.75) is 45.0 Å². The number of ether oxygens (including phenoxy) is 2. The molecular formula is C11H21NO4. The second-order valence-electron chi connectivity index (χ2n) is 4.51. The third kappa shape index (κ3) is 3.73. The molecule has 2 unspecified atom stereocenters. The largest absolute Gasteiger partial charge is 0.462 e. The molecular weight excluding hydrogens is 210 g/mol. The maximum absolute atomic E-state index is 11.2. The molecule has 5 nitrogen and oxygen atoms in total. The van der Waals surface area contributed by atoms with Gasteiger partial charge in [-0.15, -0.1) is 0 Å². The van der Waals surface area contributed by atoms with Gasteiger partial charge in [-0.1, -0.05) is 0 Å². The Morgan fingerprint density at radius 2 is 2.38 bits per heavy atom. The van der Waals surface area contributed by atoms with Gasteiger partial charge in [0.1, 0.15) is 5.60 Å². The first kappa shape index (κ1) is 13.4. The predicted octanol–water partition coefficient (Wildman–Crippen LogP) is 0.0675. The van der Waals surface area contributed by atoms with E-state index in [0.29, 0.717) is 19.6 Å². The maximum atomic E-state index is 11.2. The monoisotopic (exact) mass is 231 g/mol. The van der Waals surface area contributed by atoms with E-state index >= 15 is 0 Å². The molecule has 94 valence electrons. The van der Waals surface area contributed by atoms with Crippen LogP contribution < -0.4 is 5.32 Å². The molecule has 16 heavy (non-hydrogen) atoms. The highest BCUT2D eigenvalue weighted by atomic mass is 16.5. The summed E-state index contributed by atoms with van der Waals surface area (Å²) in [5, 5.41) is 13.0. The van der Waals surface area contributed by atoms with Crippen LogP contribution in [0.15, 0.2) is 0 Å². The smallest absolute Gasteiger partial charge is 0.320 e. The fourth-order valence-corrected chi connectivity index (χ4v) is 1.69. The standard InChI is InChI=1S/C11H21NO4/c1-8(2)16-10(13)6-12-7-11(14)4-5-15-9(11)3/h8-9,12,14H,4-7H2,1-3H3. The minimum atomic E-state index is -0.863. The van der Waals surface area contributed by atoms with Crippen LogP contribution in [0.3, 0.4) is 0 Å². The summed E-state index contributed by atoms with van der Waals surface area (Å²) in [6.45, 7) is 6.47. The van der Waals surface area contributed by atoms with E-state index in [2.05, 4.69) is 5.32 Å². The molecule has 1 aliphatic rings. The van der Waals surface area contributed by atoms with E-state index in [4.69, 9.17) is 9.47 Å². The molecule has 0 amide bonds. The summed E-state index contributed by atoms with van der Waals surface area (Å²) in [6.07, 6.45) is 0.299. The molecule has 0 bridgehead atoms. The molecule has 2 atom stereocenters. The van der Waals surface area contributed by atoms with Crippen LogP contribution in [0.5, 0.6) is 0 Å². The lowest BCUT2D eigenvalue weighted by molar-refractivity contribution is -0.146. The van der Waals surface area contributed by atoms with Gasteiger partial charge >= 0.3 is 5.97 Å². The maximum Gasteiger partial charge on any atom is 0.320 e. The van der Waals surface area contributed by atoms with Gasteiger partial charge in [-0.3, -0.25) is 4.79 Å². The summed E-state index contributed by atoms with van der Waals surface area (Å²) in [7, 11) is 0. The first-order valence-electron chi connectivity index (χ1n) is 5.68. The van der Waals surface area contributed by atoms with Crippen LogP contribution in [0.2, 0.25) is 0 Å². The van der Waals surface area contributed by atoms with Gasteiger partial charge in [0.05, 0.1) is 18.8 Å². The number of carbonyl (C=O) groups is 1. The Morgan fingerprint density at radius 3 is 2.88 bits per heavy atom. The average Bonchev–Trinajstić information content (AvgIpc) is 2.46. The molecule has 0 aliphatic carbocycles. The van der Waals surface area contributed by atoms with Crippen molar-refractivity contribution >= 4 is 5.97 Å². The summed E-state index contributed by atoms with van der Waals surface area (Å²) >= 11 is 0. The van der Waals surface area contributed by atoms with E-state index in [0.717, 1.165) is 0 Å². The predicted molar refractivity (Wildman–Crippen MR) is 59.1 cm³/mol. The van der Waals surface area contributed by atoms with Crippen LogP contribution >= 0.6 is 0 Å². The zero-order valence-corrected chi connectivity index (χ0v) is 10.2. The van der Waals surface area contributed by atoms with Crippen molar-refractivity contribution in [3.05, 3.63) is 0 Å². The van der Waals surface area contributed by atoms with E-state index in [-0.39, 0.29) is 24.7 Å². The Labute approximate surface area is 96.1 Å². The molecule has 0 radical (unpaired) electrons. The summed E-state index contributed by atoms with van der Waals surface area (Å²) < 4.78 is 10.2. The topological polar surface area (TPSA) is 67.8 Å². The third-order valence-electron chi connectivity index (χ3n) is 2.73. The van der Waals surface area contributed by atoms with E-state index in [9.17, 15) is 9.90 Å². The van der Waals surface area contributed by atoms with Gasteiger partial charge < -0.3 is 19.9 Å².